The molecule has 0 spiro atoms. The fraction of sp³-hybridized carbons (Fsp3) is 0.417. The maximum absolute atomic E-state index is 13.2. The van der Waals surface area contributed by atoms with Crippen LogP contribution in [-0.4, -0.2) is 49.6 Å². The Hall–Kier alpha value is -1.58. The van der Waals surface area contributed by atoms with Gasteiger partial charge in [0.05, 0.1) is 24.0 Å². The van der Waals surface area contributed by atoms with Crippen molar-refractivity contribution in [3.63, 3.8) is 0 Å². The minimum Gasteiger partial charge on any atom is -0.481 e. The van der Waals surface area contributed by atoms with Gasteiger partial charge in [0.2, 0.25) is 10.0 Å². The second-order valence-corrected chi connectivity index (χ2v) is 6.47. The van der Waals surface area contributed by atoms with Gasteiger partial charge in [0.15, 0.2) is 11.6 Å². The first-order valence-corrected chi connectivity index (χ1v) is 7.53. The van der Waals surface area contributed by atoms with Crippen molar-refractivity contribution in [2.75, 3.05) is 19.7 Å². The first-order chi connectivity index (χ1) is 9.80. The molecule has 1 N–H and O–H groups in total. The molecule has 0 aromatic heterocycles. The summed E-state index contributed by atoms with van der Waals surface area (Å²) in [5, 5.41) is 8.70. The van der Waals surface area contributed by atoms with Crippen LogP contribution < -0.4 is 0 Å². The minimum atomic E-state index is -4.02. The minimum absolute atomic E-state index is 0.0252. The normalized spacial score (nSPS) is 20.4. The first-order valence-electron chi connectivity index (χ1n) is 6.09. The molecule has 1 aromatic carbocycles. The van der Waals surface area contributed by atoms with E-state index in [1.54, 1.807) is 0 Å². The Morgan fingerprint density at radius 2 is 2.10 bits per heavy atom. The average Bonchev–Trinajstić information content (AvgIpc) is 2.41. The lowest BCUT2D eigenvalue weighted by Crippen LogP contribution is -2.46. The molecular weight excluding hydrogens is 308 g/mol. The number of aliphatic carboxylic acids is 1. The molecule has 1 aliphatic heterocycles. The number of rotatable bonds is 4. The van der Waals surface area contributed by atoms with Crippen molar-refractivity contribution in [3.05, 3.63) is 29.8 Å². The van der Waals surface area contributed by atoms with Crippen LogP contribution in [0.3, 0.4) is 0 Å². The number of benzene rings is 1. The van der Waals surface area contributed by atoms with E-state index in [0.717, 1.165) is 16.4 Å². The molecule has 1 aliphatic rings. The molecule has 0 aliphatic carbocycles. The third-order valence-electron chi connectivity index (χ3n) is 3.03. The van der Waals surface area contributed by atoms with Crippen molar-refractivity contribution in [2.24, 2.45) is 0 Å². The van der Waals surface area contributed by atoms with E-state index in [1.165, 1.54) is 0 Å². The van der Waals surface area contributed by atoms with Gasteiger partial charge in [-0.3, -0.25) is 4.79 Å². The molecule has 1 unspecified atom stereocenters. The Kier molecular flexibility index (Phi) is 4.55. The molecule has 1 fully saturated rings. The van der Waals surface area contributed by atoms with Gasteiger partial charge >= 0.3 is 5.97 Å². The Morgan fingerprint density at radius 1 is 1.38 bits per heavy atom. The number of hydrogen-bond acceptors (Lipinski definition) is 4. The van der Waals surface area contributed by atoms with Gasteiger partial charge in [0, 0.05) is 13.1 Å². The van der Waals surface area contributed by atoms with Crippen molar-refractivity contribution in [2.45, 2.75) is 17.4 Å². The predicted molar refractivity (Wildman–Crippen MR) is 67.1 cm³/mol. The number of carboxylic acids is 1. The zero-order valence-electron chi connectivity index (χ0n) is 10.8. The average molecular weight is 321 g/mol. The summed E-state index contributed by atoms with van der Waals surface area (Å²) in [7, 11) is -4.02. The van der Waals surface area contributed by atoms with Gasteiger partial charge in [0.25, 0.3) is 0 Å². The molecule has 1 saturated heterocycles. The van der Waals surface area contributed by atoms with Crippen LogP contribution in [0.4, 0.5) is 8.78 Å². The molecule has 1 aromatic rings. The van der Waals surface area contributed by atoms with Gasteiger partial charge in [-0.2, -0.15) is 4.31 Å². The van der Waals surface area contributed by atoms with Crippen LogP contribution in [-0.2, 0) is 19.6 Å². The van der Waals surface area contributed by atoms with Crippen molar-refractivity contribution in [1.82, 2.24) is 4.31 Å². The summed E-state index contributed by atoms with van der Waals surface area (Å²) in [5.74, 6) is -3.50. The number of carboxylic acid groups (broad SMARTS) is 1. The molecule has 0 bridgehead atoms. The van der Waals surface area contributed by atoms with E-state index in [0.29, 0.717) is 6.07 Å². The Labute approximate surface area is 120 Å². The summed E-state index contributed by atoms with van der Waals surface area (Å²) in [5.41, 5.74) is 0. The number of nitrogens with zero attached hydrogens (tertiary/aromatic N) is 1. The standard InChI is InChI=1S/C12H13F2NO5S/c13-10-2-1-9(6-11(10)14)21(18,19)15-3-4-20-8(7-15)5-12(16)17/h1-2,6,8H,3-5,7H2,(H,16,17). The van der Waals surface area contributed by atoms with Crippen molar-refractivity contribution < 1.29 is 31.8 Å². The molecule has 21 heavy (non-hydrogen) atoms. The van der Waals surface area contributed by atoms with Crippen molar-refractivity contribution in [3.8, 4) is 0 Å². The highest BCUT2D eigenvalue weighted by atomic mass is 32.2. The summed E-state index contributed by atoms with van der Waals surface area (Å²) < 4.78 is 56.8. The molecule has 2 rings (SSSR count). The van der Waals surface area contributed by atoms with Crippen molar-refractivity contribution in [1.29, 1.82) is 0 Å². The van der Waals surface area contributed by atoms with E-state index >= 15 is 0 Å². The number of halogens is 2. The van der Waals surface area contributed by atoms with Gasteiger partial charge in [-0.15, -0.1) is 0 Å². The maximum Gasteiger partial charge on any atom is 0.306 e. The molecule has 0 radical (unpaired) electrons. The van der Waals surface area contributed by atoms with E-state index < -0.39 is 33.7 Å². The van der Waals surface area contributed by atoms with Gasteiger partial charge in [-0.25, -0.2) is 17.2 Å². The maximum atomic E-state index is 13.2. The van der Waals surface area contributed by atoms with Crippen LogP contribution in [0.25, 0.3) is 0 Å². The summed E-state index contributed by atoms with van der Waals surface area (Å²) in [6.45, 7) is -0.0775. The molecule has 6 nitrogen and oxygen atoms in total. The van der Waals surface area contributed by atoms with E-state index in [-0.39, 0.29) is 31.0 Å². The molecule has 0 saturated carbocycles. The number of sulfonamides is 1. The lowest BCUT2D eigenvalue weighted by Gasteiger charge is -2.31. The number of morpholine rings is 1. The number of carbonyl (C=O) groups is 1. The van der Waals surface area contributed by atoms with E-state index in [9.17, 15) is 22.0 Å². The summed E-state index contributed by atoms with van der Waals surface area (Å²) >= 11 is 0. The molecule has 0 amide bonds. The third-order valence-corrected chi connectivity index (χ3v) is 4.89. The topological polar surface area (TPSA) is 83.9 Å². The van der Waals surface area contributed by atoms with E-state index in [4.69, 9.17) is 9.84 Å². The Balaban J connectivity index is 2.22. The number of hydrogen-bond donors (Lipinski definition) is 1. The second kappa shape index (κ2) is 6.04. The molecule has 116 valence electrons. The van der Waals surface area contributed by atoms with Gasteiger partial charge in [-0.1, -0.05) is 0 Å². The largest absolute Gasteiger partial charge is 0.481 e. The lowest BCUT2D eigenvalue weighted by atomic mass is 10.2. The fourth-order valence-electron chi connectivity index (χ4n) is 2.02. The highest BCUT2D eigenvalue weighted by Crippen LogP contribution is 2.21. The quantitative estimate of drug-likeness (QED) is 0.888. The highest BCUT2D eigenvalue weighted by Gasteiger charge is 2.32. The molecule has 1 heterocycles. The SMILES string of the molecule is O=C(O)CC1CN(S(=O)(=O)c2ccc(F)c(F)c2)CCO1. The van der Waals surface area contributed by atoms with Crippen LogP contribution in [0.5, 0.6) is 0 Å². The first kappa shape index (κ1) is 15.8. The Bertz CT molecular complexity index is 649. The monoisotopic (exact) mass is 321 g/mol. The lowest BCUT2D eigenvalue weighted by molar-refractivity contribution is -0.141. The van der Waals surface area contributed by atoms with Gasteiger partial charge in [-0.05, 0) is 18.2 Å². The van der Waals surface area contributed by atoms with Crippen LogP contribution >= 0.6 is 0 Å². The van der Waals surface area contributed by atoms with E-state index in [1.807, 2.05) is 0 Å². The number of ether oxygens (including phenoxy) is 1. The zero-order chi connectivity index (χ0) is 15.6. The summed E-state index contributed by atoms with van der Waals surface area (Å²) in [6, 6.07) is 2.30. The van der Waals surface area contributed by atoms with Crippen LogP contribution in [0.1, 0.15) is 6.42 Å². The van der Waals surface area contributed by atoms with Crippen LogP contribution in [0.2, 0.25) is 0 Å². The highest BCUT2D eigenvalue weighted by molar-refractivity contribution is 7.89. The third kappa shape index (κ3) is 3.55. The Morgan fingerprint density at radius 3 is 2.71 bits per heavy atom. The van der Waals surface area contributed by atoms with E-state index in [2.05, 4.69) is 0 Å². The fourth-order valence-corrected chi connectivity index (χ4v) is 3.48. The molecule has 9 heteroatoms. The smallest absolute Gasteiger partial charge is 0.306 e. The zero-order valence-corrected chi connectivity index (χ0v) is 11.6. The van der Waals surface area contributed by atoms with Crippen molar-refractivity contribution >= 4 is 16.0 Å². The summed E-state index contributed by atoms with van der Waals surface area (Å²) in [6.07, 6.45) is -1.10. The summed E-state index contributed by atoms with van der Waals surface area (Å²) in [4.78, 5) is 10.3. The van der Waals surface area contributed by atoms with Gasteiger partial charge < -0.3 is 9.84 Å². The molecular formula is C12H13F2NO5S. The van der Waals surface area contributed by atoms with Gasteiger partial charge in [0.1, 0.15) is 0 Å². The predicted octanol–water partition coefficient (Wildman–Crippen LogP) is 0.829. The second-order valence-electron chi connectivity index (χ2n) is 4.53. The van der Waals surface area contributed by atoms with Crippen LogP contribution in [0.15, 0.2) is 23.1 Å². The molecule has 1 atom stereocenters. The van der Waals surface area contributed by atoms with Crippen LogP contribution in [0, 0.1) is 11.6 Å².